The Labute approximate surface area is 140 Å². The molecule has 0 bridgehead atoms. The summed E-state index contributed by atoms with van der Waals surface area (Å²) in [6.07, 6.45) is 4.64. The second-order valence-corrected chi connectivity index (χ2v) is 5.74. The summed E-state index contributed by atoms with van der Waals surface area (Å²) in [6, 6.07) is 9.86. The van der Waals surface area contributed by atoms with E-state index in [0.717, 1.165) is 37.4 Å². The minimum atomic E-state index is -0.941. The number of rotatable bonds is 7. The van der Waals surface area contributed by atoms with E-state index in [-0.39, 0.29) is 12.6 Å². The maximum atomic E-state index is 10.5. The largest absolute Gasteiger partial charge is 0.489 e. The third-order valence-electron chi connectivity index (χ3n) is 3.78. The fourth-order valence-electron chi connectivity index (χ4n) is 2.67. The second-order valence-electron chi connectivity index (χ2n) is 5.74. The smallest absolute Gasteiger partial charge is 0.322 e. The predicted octanol–water partition coefficient (Wildman–Crippen LogP) is 1.63. The summed E-state index contributed by atoms with van der Waals surface area (Å²) in [7, 11) is 0. The topological polar surface area (TPSA) is 87.6 Å². The van der Waals surface area contributed by atoms with Crippen molar-refractivity contribution in [2.75, 3.05) is 25.0 Å². The number of benzene rings is 1. The number of ether oxygens (including phenoxy) is 1. The van der Waals surface area contributed by atoms with E-state index in [4.69, 9.17) is 9.84 Å². The number of hydrogen-bond donors (Lipinski definition) is 2. The van der Waals surface area contributed by atoms with E-state index in [2.05, 4.69) is 20.2 Å². The number of carboxylic acids is 1. The minimum absolute atomic E-state index is 0.190. The monoisotopic (exact) mass is 328 g/mol. The van der Waals surface area contributed by atoms with Gasteiger partial charge in [-0.2, -0.15) is 0 Å². The molecule has 1 aromatic carbocycles. The quantitative estimate of drug-likeness (QED) is 0.798. The molecule has 24 heavy (non-hydrogen) atoms. The molecule has 1 aliphatic rings. The van der Waals surface area contributed by atoms with Crippen molar-refractivity contribution in [2.24, 2.45) is 0 Å². The first-order valence-corrected chi connectivity index (χ1v) is 7.90. The van der Waals surface area contributed by atoms with Crippen molar-refractivity contribution in [3.8, 4) is 5.75 Å². The molecule has 7 heteroatoms. The molecule has 1 aliphatic heterocycles. The number of anilines is 1. The number of hydrogen-bond acceptors (Lipinski definition) is 6. The fourth-order valence-corrected chi connectivity index (χ4v) is 2.67. The molecular weight excluding hydrogens is 308 g/mol. The summed E-state index contributed by atoms with van der Waals surface area (Å²) >= 11 is 0. The molecule has 3 rings (SSSR count). The van der Waals surface area contributed by atoms with Gasteiger partial charge in [0, 0.05) is 37.6 Å². The van der Waals surface area contributed by atoms with Gasteiger partial charge in [-0.1, -0.05) is 18.2 Å². The molecule has 0 radical (unpaired) electrons. The number of nitrogens with one attached hydrogen (secondary N) is 1. The predicted molar refractivity (Wildman–Crippen MR) is 88.9 cm³/mol. The first-order chi connectivity index (χ1) is 11.7. The van der Waals surface area contributed by atoms with Crippen LogP contribution in [0.1, 0.15) is 12.0 Å². The summed E-state index contributed by atoms with van der Waals surface area (Å²) in [5.74, 6) is 0.290. The Bertz CT molecular complexity index is 663. The zero-order chi connectivity index (χ0) is 16.8. The molecule has 1 atom stereocenters. The molecule has 2 N–H and O–H groups in total. The van der Waals surface area contributed by atoms with Crippen LogP contribution in [0.15, 0.2) is 42.7 Å². The molecule has 0 aliphatic carbocycles. The van der Waals surface area contributed by atoms with Gasteiger partial charge in [-0.3, -0.25) is 9.69 Å². The lowest BCUT2D eigenvalue weighted by molar-refractivity contribution is -0.134. The second kappa shape index (κ2) is 7.74. The lowest BCUT2D eigenvalue weighted by Crippen LogP contribution is -2.24. The molecule has 126 valence electrons. The van der Waals surface area contributed by atoms with Crippen molar-refractivity contribution in [3.63, 3.8) is 0 Å². The number of para-hydroxylation sites is 1. The van der Waals surface area contributed by atoms with Gasteiger partial charge < -0.3 is 15.2 Å². The van der Waals surface area contributed by atoms with Gasteiger partial charge in [0.25, 0.3) is 0 Å². The normalized spacial score (nSPS) is 17.6. The number of nitrogens with zero attached hydrogens (tertiary/aromatic N) is 3. The van der Waals surface area contributed by atoms with E-state index in [1.54, 1.807) is 12.4 Å². The van der Waals surface area contributed by atoms with Crippen LogP contribution < -0.4 is 10.1 Å². The molecule has 1 saturated heterocycles. The molecule has 7 nitrogen and oxygen atoms in total. The first kappa shape index (κ1) is 16.2. The van der Waals surface area contributed by atoms with E-state index in [1.165, 1.54) is 0 Å². The summed E-state index contributed by atoms with van der Waals surface area (Å²) < 4.78 is 5.98. The van der Waals surface area contributed by atoms with Crippen LogP contribution >= 0.6 is 0 Å². The molecule has 1 aromatic heterocycles. The zero-order valence-electron chi connectivity index (χ0n) is 13.3. The number of aromatic nitrogens is 2. The van der Waals surface area contributed by atoms with Crippen molar-refractivity contribution in [1.29, 1.82) is 0 Å². The number of carboxylic acid groups (broad SMARTS) is 1. The van der Waals surface area contributed by atoms with Gasteiger partial charge in [0.05, 0.1) is 0 Å². The van der Waals surface area contributed by atoms with E-state index in [0.29, 0.717) is 5.95 Å². The van der Waals surface area contributed by atoms with Gasteiger partial charge in [-0.05, 0) is 18.6 Å². The first-order valence-electron chi connectivity index (χ1n) is 7.90. The third kappa shape index (κ3) is 4.66. The summed E-state index contributed by atoms with van der Waals surface area (Å²) in [5, 5.41) is 11.3. The summed E-state index contributed by atoms with van der Waals surface area (Å²) in [5.41, 5.74) is 0.997. The average molecular weight is 328 g/mol. The molecule has 1 fully saturated rings. The Morgan fingerprint density at radius 3 is 2.75 bits per heavy atom. The van der Waals surface area contributed by atoms with Crippen molar-refractivity contribution >= 4 is 11.9 Å². The van der Waals surface area contributed by atoms with E-state index < -0.39 is 5.97 Å². The maximum Gasteiger partial charge on any atom is 0.322 e. The SMILES string of the molecule is O=C(O)CNc1ncc(CN2CC[C@@H](Oc3ccccc3)C2)cn1. The molecule has 0 amide bonds. The average Bonchev–Trinajstić information content (AvgIpc) is 3.02. The van der Waals surface area contributed by atoms with Crippen LogP contribution in [0.3, 0.4) is 0 Å². The molecule has 2 aromatic rings. The van der Waals surface area contributed by atoms with Crippen molar-refractivity contribution in [3.05, 3.63) is 48.3 Å². The highest BCUT2D eigenvalue weighted by Gasteiger charge is 2.24. The van der Waals surface area contributed by atoms with Crippen LogP contribution in [0, 0.1) is 0 Å². The van der Waals surface area contributed by atoms with E-state index in [1.807, 2.05) is 30.3 Å². The summed E-state index contributed by atoms with van der Waals surface area (Å²) in [4.78, 5) is 21.1. The molecule has 0 spiro atoms. The number of aliphatic carboxylic acids is 1. The molecule has 2 heterocycles. The van der Waals surface area contributed by atoms with Gasteiger partial charge in [-0.15, -0.1) is 0 Å². The lowest BCUT2D eigenvalue weighted by atomic mass is 10.3. The van der Waals surface area contributed by atoms with Crippen LogP contribution in [-0.2, 0) is 11.3 Å². The molecule has 0 saturated carbocycles. The van der Waals surface area contributed by atoms with E-state index in [9.17, 15) is 4.79 Å². The Kier molecular flexibility index (Phi) is 5.22. The fraction of sp³-hybridized carbons (Fsp3) is 0.353. The Morgan fingerprint density at radius 1 is 1.29 bits per heavy atom. The van der Waals surface area contributed by atoms with Crippen LogP contribution in [0.2, 0.25) is 0 Å². The van der Waals surface area contributed by atoms with Gasteiger partial charge in [0.15, 0.2) is 0 Å². The molecule has 0 unspecified atom stereocenters. The highest BCUT2D eigenvalue weighted by molar-refractivity contribution is 5.71. The Balaban J connectivity index is 1.47. The zero-order valence-corrected chi connectivity index (χ0v) is 13.3. The van der Waals surface area contributed by atoms with Crippen LogP contribution in [-0.4, -0.2) is 51.7 Å². The van der Waals surface area contributed by atoms with Gasteiger partial charge >= 0.3 is 5.97 Å². The van der Waals surface area contributed by atoms with Gasteiger partial charge in [-0.25, -0.2) is 9.97 Å². The highest BCUT2D eigenvalue weighted by atomic mass is 16.5. The summed E-state index contributed by atoms with van der Waals surface area (Å²) in [6.45, 7) is 2.41. The number of likely N-dealkylation sites (tertiary alicyclic amines) is 1. The Morgan fingerprint density at radius 2 is 2.04 bits per heavy atom. The lowest BCUT2D eigenvalue weighted by Gasteiger charge is -2.16. The van der Waals surface area contributed by atoms with Crippen molar-refractivity contribution < 1.29 is 14.6 Å². The highest BCUT2D eigenvalue weighted by Crippen LogP contribution is 2.19. The van der Waals surface area contributed by atoms with Crippen LogP contribution in [0.5, 0.6) is 5.75 Å². The third-order valence-corrected chi connectivity index (χ3v) is 3.78. The van der Waals surface area contributed by atoms with Crippen molar-refractivity contribution in [2.45, 2.75) is 19.1 Å². The van der Waals surface area contributed by atoms with Crippen LogP contribution in [0.4, 0.5) is 5.95 Å². The van der Waals surface area contributed by atoms with Crippen LogP contribution in [0.25, 0.3) is 0 Å². The minimum Gasteiger partial charge on any atom is -0.489 e. The van der Waals surface area contributed by atoms with Gasteiger partial charge in [0.1, 0.15) is 18.4 Å². The number of carbonyl (C=O) groups is 1. The Hall–Kier alpha value is -2.67. The standard InChI is InChI=1S/C17H20N4O3/c22-16(23)10-20-17-18-8-13(9-19-17)11-21-7-6-15(12-21)24-14-4-2-1-3-5-14/h1-5,8-9,15H,6-7,10-12H2,(H,22,23)(H,18,19,20)/t15-/m1/s1. The van der Waals surface area contributed by atoms with Gasteiger partial charge in [0.2, 0.25) is 5.95 Å². The van der Waals surface area contributed by atoms with Crippen molar-refractivity contribution in [1.82, 2.24) is 14.9 Å². The van der Waals surface area contributed by atoms with E-state index >= 15 is 0 Å². The molecular formula is C17H20N4O3. The maximum absolute atomic E-state index is 10.5.